The van der Waals surface area contributed by atoms with Crippen LogP contribution in [0.4, 0.5) is 5.82 Å². The smallest absolute Gasteiger partial charge is 0.262 e. The minimum atomic E-state index is -0.467. The summed E-state index contributed by atoms with van der Waals surface area (Å²) < 4.78 is 6.64. The number of hydrogen-bond acceptors (Lipinski definition) is 6. The molecule has 1 amide bonds. The molecular formula is C19H22N4O3S. The number of benzene rings is 1. The van der Waals surface area contributed by atoms with Crippen molar-refractivity contribution in [1.29, 1.82) is 0 Å². The first-order chi connectivity index (χ1) is 12.9. The average molecular weight is 386 g/mol. The fourth-order valence-corrected chi connectivity index (χ4v) is 3.65. The lowest BCUT2D eigenvalue weighted by Crippen LogP contribution is -2.28. The van der Waals surface area contributed by atoms with Crippen molar-refractivity contribution in [2.45, 2.75) is 50.6 Å². The molecule has 0 radical (unpaired) electrons. The largest absolute Gasteiger partial charge is 0.360 e. The van der Waals surface area contributed by atoms with Gasteiger partial charge in [0, 0.05) is 12.1 Å². The maximum absolute atomic E-state index is 13.0. The first kappa shape index (κ1) is 19.2. The second-order valence-corrected chi connectivity index (χ2v) is 7.72. The molecule has 2 aromatic heterocycles. The van der Waals surface area contributed by atoms with Crippen LogP contribution in [0.15, 0.2) is 44.8 Å². The first-order valence-corrected chi connectivity index (χ1v) is 9.70. The van der Waals surface area contributed by atoms with Gasteiger partial charge in [-0.1, -0.05) is 36.0 Å². The quantitative estimate of drug-likeness (QED) is 0.512. The lowest BCUT2D eigenvalue weighted by Gasteiger charge is -2.19. The Labute approximate surface area is 161 Å². The summed E-state index contributed by atoms with van der Waals surface area (Å²) in [5.74, 6) is 0.759. The third-order valence-corrected chi connectivity index (χ3v) is 5.40. The van der Waals surface area contributed by atoms with Gasteiger partial charge in [-0.05, 0) is 39.3 Å². The number of fused-ring (bicyclic) bond motifs is 1. The van der Waals surface area contributed by atoms with Gasteiger partial charge in [0.25, 0.3) is 5.56 Å². The van der Waals surface area contributed by atoms with Crippen molar-refractivity contribution in [3.05, 3.63) is 46.4 Å². The van der Waals surface area contributed by atoms with Crippen molar-refractivity contribution in [2.75, 3.05) is 5.32 Å². The minimum Gasteiger partial charge on any atom is -0.360 e. The molecule has 8 heteroatoms. The van der Waals surface area contributed by atoms with Crippen molar-refractivity contribution in [2.24, 2.45) is 0 Å². The predicted molar refractivity (Wildman–Crippen MR) is 106 cm³/mol. The predicted octanol–water partition coefficient (Wildman–Crippen LogP) is 3.78. The molecule has 0 aliphatic carbocycles. The highest BCUT2D eigenvalue weighted by Crippen LogP contribution is 2.26. The molecule has 3 rings (SSSR count). The molecule has 2 heterocycles. The molecule has 1 aromatic carbocycles. The number of hydrogen-bond donors (Lipinski definition) is 1. The zero-order chi connectivity index (χ0) is 19.6. The van der Waals surface area contributed by atoms with Crippen LogP contribution in [0, 0.1) is 6.92 Å². The lowest BCUT2D eigenvalue weighted by atomic mass is 10.2. The van der Waals surface area contributed by atoms with Crippen LogP contribution in [0.2, 0.25) is 0 Å². The number of anilines is 1. The Bertz CT molecular complexity index is 1030. The molecule has 142 valence electrons. The maximum atomic E-state index is 13.0. The van der Waals surface area contributed by atoms with Crippen LogP contribution < -0.4 is 10.9 Å². The molecule has 3 aromatic rings. The van der Waals surface area contributed by atoms with E-state index in [4.69, 9.17) is 4.52 Å². The van der Waals surface area contributed by atoms with E-state index in [1.54, 1.807) is 30.5 Å². The fraction of sp³-hybridized carbons (Fsp3) is 0.368. The second-order valence-electron chi connectivity index (χ2n) is 6.42. The summed E-state index contributed by atoms with van der Waals surface area (Å²) in [5, 5.41) is 7.14. The summed E-state index contributed by atoms with van der Waals surface area (Å²) in [7, 11) is 0. The molecular weight excluding hydrogens is 364 g/mol. The van der Waals surface area contributed by atoms with Crippen LogP contribution in [0.25, 0.3) is 10.9 Å². The van der Waals surface area contributed by atoms with Crippen molar-refractivity contribution in [3.63, 3.8) is 0 Å². The van der Waals surface area contributed by atoms with Gasteiger partial charge in [-0.15, -0.1) is 0 Å². The van der Waals surface area contributed by atoms with Gasteiger partial charge >= 0.3 is 0 Å². The number of rotatable bonds is 6. The van der Waals surface area contributed by atoms with E-state index >= 15 is 0 Å². The van der Waals surface area contributed by atoms with Gasteiger partial charge in [0.2, 0.25) is 5.91 Å². The average Bonchev–Trinajstić information content (AvgIpc) is 3.06. The highest BCUT2D eigenvalue weighted by Gasteiger charge is 2.22. The van der Waals surface area contributed by atoms with Crippen molar-refractivity contribution in [3.8, 4) is 0 Å². The van der Waals surface area contributed by atoms with E-state index in [2.05, 4.69) is 15.5 Å². The van der Waals surface area contributed by atoms with Gasteiger partial charge in [-0.25, -0.2) is 4.98 Å². The van der Waals surface area contributed by atoms with Crippen molar-refractivity contribution < 1.29 is 9.32 Å². The van der Waals surface area contributed by atoms with E-state index in [-0.39, 0.29) is 17.5 Å². The number of nitrogens with one attached hydrogen (secondary N) is 1. The van der Waals surface area contributed by atoms with Crippen LogP contribution in [0.1, 0.15) is 39.0 Å². The van der Waals surface area contributed by atoms with Crippen LogP contribution in [-0.2, 0) is 4.79 Å². The summed E-state index contributed by atoms with van der Waals surface area (Å²) in [6.07, 6.45) is 0.784. The van der Waals surface area contributed by atoms with Crippen LogP contribution in [0.5, 0.6) is 0 Å². The summed E-state index contributed by atoms with van der Waals surface area (Å²) in [4.78, 5) is 30.1. The molecule has 0 spiro atoms. The number of carbonyl (C=O) groups excluding carboxylic acids is 1. The maximum Gasteiger partial charge on any atom is 0.262 e. The Morgan fingerprint density at radius 3 is 2.74 bits per heavy atom. The Morgan fingerprint density at radius 1 is 1.33 bits per heavy atom. The van der Waals surface area contributed by atoms with Gasteiger partial charge in [0.05, 0.1) is 16.2 Å². The second kappa shape index (κ2) is 7.96. The number of thioether (sulfide) groups is 1. The molecule has 7 nitrogen and oxygen atoms in total. The van der Waals surface area contributed by atoms with Gasteiger partial charge in [0.1, 0.15) is 5.76 Å². The third kappa shape index (κ3) is 4.05. The topological polar surface area (TPSA) is 90.0 Å². The van der Waals surface area contributed by atoms with E-state index in [9.17, 15) is 9.59 Å². The molecule has 1 N–H and O–H groups in total. The third-order valence-electron chi connectivity index (χ3n) is 4.34. The zero-order valence-corrected chi connectivity index (χ0v) is 16.5. The highest BCUT2D eigenvalue weighted by molar-refractivity contribution is 8.00. The highest BCUT2D eigenvalue weighted by atomic mass is 32.2. The van der Waals surface area contributed by atoms with Gasteiger partial charge < -0.3 is 9.84 Å². The molecule has 0 saturated carbocycles. The van der Waals surface area contributed by atoms with Gasteiger partial charge in [-0.3, -0.25) is 14.2 Å². The summed E-state index contributed by atoms with van der Waals surface area (Å²) in [6.45, 7) is 7.52. The lowest BCUT2D eigenvalue weighted by molar-refractivity contribution is -0.115. The molecule has 0 bridgehead atoms. The fourth-order valence-electron chi connectivity index (χ4n) is 2.64. The SMILES string of the molecule is CC[C@H](C)n1c(S[C@H](C)C(=O)Nc2cc(C)on2)nc2ccccc2c1=O. The van der Waals surface area contributed by atoms with Crippen molar-refractivity contribution in [1.82, 2.24) is 14.7 Å². The number of carbonyl (C=O) groups is 1. The van der Waals surface area contributed by atoms with Gasteiger partial charge in [0.15, 0.2) is 11.0 Å². The molecule has 0 unspecified atom stereocenters. The summed E-state index contributed by atoms with van der Waals surface area (Å²) in [5.41, 5.74) is 0.543. The van der Waals surface area contributed by atoms with Crippen LogP contribution in [0.3, 0.4) is 0 Å². The van der Waals surface area contributed by atoms with Crippen LogP contribution >= 0.6 is 11.8 Å². The Morgan fingerprint density at radius 2 is 2.07 bits per heavy atom. The number of amides is 1. The van der Waals surface area contributed by atoms with Gasteiger partial charge in [-0.2, -0.15) is 0 Å². The standard InChI is InChI=1S/C19H22N4O3S/c1-5-11(2)23-18(25)14-8-6-7-9-15(14)20-19(23)27-13(4)17(24)21-16-10-12(3)26-22-16/h6-11,13H,5H2,1-4H3,(H,21,22,24)/t11-,13+/m0/s1. The number of nitrogens with zero attached hydrogens (tertiary/aromatic N) is 3. The van der Waals surface area contributed by atoms with E-state index < -0.39 is 5.25 Å². The van der Waals surface area contributed by atoms with E-state index in [1.807, 2.05) is 32.0 Å². The molecule has 27 heavy (non-hydrogen) atoms. The Kier molecular flexibility index (Phi) is 5.65. The van der Waals surface area contributed by atoms with Crippen LogP contribution in [-0.4, -0.2) is 25.9 Å². The van der Waals surface area contributed by atoms with E-state index in [0.717, 1.165) is 6.42 Å². The molecule has 0 fully saturated rings. The number of aryl methyl sites for hydroxylation is 1. The number of para-hydroxylation sites is 1. The Hall–Kier alpha value is -2.61. The van der Waals surface area contributed by atoms with E-state index in [1.165, 1.54) is 11.8 Å². The monoisotopic (exact) mass is 386 g/mol. The van der Waals surface area contributed by atoms with Crippen molar-refractivity contribution >= 4 is 34.4 Å². The summed E-state index contributed by atoms with van der Waals surface area (Å²) >= 11 is 1.26. The molecule has 0 saturated heterocycles. The number of aromatic nitrogens is 3. The molecule has 0 aliphatic rings. The molecule has 0 aliphatic heterocycles. The molecule has 2 atom stereocenters. The minimum absolute atomic E-state index is 0.0226. The van der Waals surface area contributed by atoms with E-state index in [0.29, 0.717) is 27.6 Å². The normalized spacial score (nSPS) is 13.5. The first-order valence-electron chi connectivity index (χ1n) is 8.82. The summed E-state index contributed by atoms with van der Waals surface area (Å²) in [6, 6.07) is 8.89. The zero-order valence-electron chi connectivity index (χ0n) is 15.7. The Balaban J connectivity index is 1.92.